The van der Waals surface area contributed by atoms with E-state index in [1.807, 2.05) is 6.92 Å². The summed E-state index contributed by atoms with van der Waals surface area (Å²) in [6.45, 7) is 3.45. The monoisotopic (exact) mass is 329 g/mol. The van der Waals surface area contributed by atoms with Crippen LogP contribution in [0.3, 0.4) is 0 Å². The van der Waals surface area contributed by atoms with Crippen LogP contribution in [-0.4, -0.2) is 17.6 Å². The van der Waals surface area contributed by atoms with Crippen LogP contribution in [0.2, 0.25) is 0 Å². The predicted molar refractivity (Wildman–Crippen MR) is 76.4 cm³/mol. The largest absolute Gasteiger partial charge is 0.573 e. The fourth-order valence-corrected chi connectivity index (χ4v) is 1.87. The number of halogens is 3. The van der Waals surface area contributed by atoms with Gasteiger partial charge in [0.2, 0.25) is 0 Å². The van der Waals surface area contributed by atoms with Gasteiger partial charge in [-0.2, -0.15) is 0 Å². The zero-order valence-electron chi connectivity index (χ0n) is 12.3. The SMILES string of the molecule is CCc1onc(C)c1NC(=O)Nc1ccccc1OC(F)(F)F. The number of urea groups is 1. The first-order chi connectivity index (χ1) is 10.8. The van der Waals surface area contributed by atoms with Crippen LogP contribution < -0.4 is 15.4 Å². The number of hydrogen-bond acceptors (Lipinski definition) is 4. The highest BCUT2D eigenvalue weighted by atomic mass is 19.4. The molecule has 1 aromatic carbocycles. The smallest absolute Gasteiger partial charge is 0.404 e. The van der Waals surface area contributed by atoms with E-state index in [9.17, 15) is 18.0 Å². The zero-order valence-corrected chi connectivity index (χ0v) is 12.3. The molecule has 1 aromatic heterocycles. The van der Waals surface area contributed by atoms with E-state index in [-0.39, 0.29) is 5.69 Å². The molecule has 0 aliphatic heterocycles. The highest BCUT2D eigenvalue weighted by molar-refractivity contribution is 6.01. The van der Waals surface area contributed by atoms with Crippen LogP contribution in [-0.2, 0) is 6.42 Å². The van der Waals surface area contributed by atoms with Crippen molar-refractivity contribution in [1.82, 2.24) is 5.16 Å². The molecule has 0 bridgehead atoms. The molecule has 124 valence electrons. The first-order valence-corrected chi connectivity index (χ1v) is 6.68. The van der Waals surface area contributed by atoms with Crippen molar-refractivity contribution in [3.8, 4) is 5.75 Å². The maximum Gasteiger partial charge on any atom is 0.573 e. The summed E-state index contributed by atoms with van der Waals surface area (Å²) in [5, 5.41) is 8.53. The molecule has 6 nitrogen and oxygen atoms in total. The Morgan fingerprint density at radius 3 is 2.65 bits per heavy atom. The Hall–Kier alpha value is -2.71. The van der Waals surface area contributed by atoms with Gasteiger partial charge < -0.3 is 19.9 Å². The van der Waals surface area contributed by atoms with Crippen LogP contribution in [0.4, 0.5) is 29.3 Å². The molecular weight excluding hydrogens is 315 g/mol. The van der Waals surface area contributed by atoms with E-state index in [4.69, 9.17) is 4.52 Å². The summed E-state index contributed by atoms with van der Waals surface area (Å²) in [4.78, 5) is 12.0. The number of rotatable bonds is 4. The van der Waals surface area contributed by atoms with Gasteiger partial charge in [-0.15, -0.1) is 13.2 Å². The number of nitrogens with one attached hydrogen (secondary N) is 2. The number of hydrogen-bond donors (Lipinski definition) is 2. The highest BCUT2D eigenvalue weighted by Gasteiger charge is 2.32. The van der Waals surface area contributed by atoms with E-state index >= 15 is 0 Å². The lowest BCUT2D eigenvalue weighted by atomic mass is 10.2. The minimum absolute atomic E-state index is 0.116. The van der Waals surface area contributed by atoms with Crippen LogP contribution >= 0.6 is 0 Å². The van der Waals surface area contributed by atoms with Crippen molar-refractivity contribution in [3.05, 3.63) is 35.7 Å². The highest BCUT2D eigenvalue weighted by Crippen LogP contribution is 2.30. The van der Waals surface area contributed by atoms with Gasteiger partial charge in [0.05, 0.1) is 5.69 Å². The van der Waals surface area contributed by atoms with Crippen LogP contribution in [0.1, 0.15) is 18.4 Å². The Kier molecular flexibility index (Phi) is 4.77. The van der Waals surface area contributed by atoms with Crippen LogP contribution in [0.25, 0.3) is 0 Å². The first-order valence-electron chi connectivity index (χ1n) is 6.68. The molecule has 2 N–H and O–H groups in total. The molecule has 0 spiro atoms. The van der Waals surface area contributed by atoms with E-state index in [1.165, 1.54) is 18.2 Å². The summed E-state index contributed by atoms with van der Waals surface area (Å²) in [5.41, 5.74) is 0.741. The average Bonchev–Trinajstić information content (AvgIpc) is 2.80. The van der Waals surface area contributed by atoms with Crippen molar-refractivity contribution in [2.45, 2.75) is 26.6 Å². The summed E-state index contributed by atoms with van der Waals surface area (Å²) >= 11 is 0. The van der Waals surface area contributed by atoms with Gasteiger partial charge in [-0.1, -0.05) is 24.2 Å². The van der Waals surface area contributed by atoms with Gasteiger partial charge in [-0.05, 0) is 19.1 Å². The lowest BCUT2D eigenvalue weighted by Crippen LogP contribution is -2.22. The van der Waals surface area contributed by atoms with Crippen LogP contribution in [0, 0.1) is 6.92 Å². The molecule has 0 radical (unpaired) electrons. The molecule has 0 atom stereocenters. The minimum atomic E-state index is -4.85. The topological polar surface area (TPSA) is 76.4 Å². The molecule has 1 heterocycles. The Labute approximate surface area is 129 Å². The first kappa shape index (κ1) is 16.7. The second kappa shape index (κ2) is 6.59. The molecule has 0 aliphatic carbocycles. The summed E-state index contributed by atoms with van der Waals surface area (Å²) in [7, 11) is 0. The number of amides is 2. The third-order valence-electron chi connectivity index (χ3n) is 2.85. The number of nitrogens with zero attached hydrogens (tertiary/aromatic N) is 1. The fraction of sp³-hybridized carbons (Fsp3) is 0.286. The van der Waals surface area contributed by atoms with Crippen molar-refractivity contribution in [3.63, 3.8) is 0 Å². The molecular formula is C14H14F3N3O3. The molecule has 2 amide bonds. The summed E-state index contributed by atoms with van der Waals surface area (Å²) < 4.78 is 45.9. The van der Waals surface area contributed by atoms with Gasteiger partial charge in [0.25, 0.3) is 0 Å². The molecule has 0 saturated heterocycles. The van der Waals surface area contributed by atoms with Gasteiger partial charge in [0, 0.05) is 6.42 Å². The van der Waals surface area contributed by atoms with Crippen molar-refractivity contribution in [1.29, 1.82) is 0 Å². The van der Waals surface area contributed by atoms with Crippen molar-refractivity contribution >= 4 is 17.4 Å². The Morgan fingerprint density at radius 2 is 2.00 bits per heavy atom. The Balaban J connectivity index is 2.13. The van der Waals surface area contributed by atoms with Crippen molar-refractivity contribution in [2.24, 2.45) is 0 Å². The molecule has 0 unspecified atom stereocenters. The Bertz CT molecular complexity index is 698. The van der Waals surface area contributed by atoms with E-state index in [2.05, 4.69) is 20.5 Å². The second-order valence-electron chi connectivity index (χ2n) is 4.54. The Morgan fingerprint density at radius 1 is 1.30 bits per heavy atom. The number of aryl methyl sites for hydroxylation is 2. The third-order valence-corrected chi connectivity index (χ3v) is 2.85. The number of anilines is 2. The van der Waals surface area contributed by atoms with Gasteiger partial charge >= 0.3 is 12.4 Å². The number of carbonyl (C=O) groups excluding carboxylic acids is 1. The van der Waals surface area contributed by atoms with Gasteiger partial charge in [-0.25, -0.2) is 4.79 Å². The summed E-state index contributed by atoms with van der Waals surface area (Å²) in [6.07, 6.45) is -4.35. The fourth-order valence-electron chi connectivity index (χ4n) is 1.87. The number of carbonyl (C=O) groups is 1. The normalized spacial score (nSPS) is 11.2. The lowest BCUT2D eigenvalue weighted by Gasteiger charge is -2.14. The van der Waals surface area contributed by atoms with E-state index in [0.717, 1.165) is 6.07 Å². The van der Waals surface area contributed by atoms with E-state index in [0.29, 0.717) is 23.6 Å². The maximum absolute atomic E-state index is 12.3. The molecule has 0 saturated carbocycles. The summed E-state index contributed by atoms with van der Waals surface area (Å²) in [6, 6.07) is 4.50. The van der Waals surface area contributed by atoms with Gasteiger partial charge in [0.15, 0.2) is 11.5 Å². The maximum atomic E-state index is 12.3. The van der Waals surface area contributed by atoms with Crippen LogP contribution in [0.5, 0.6) is 5.75 Å². The molecule has 23 heavy (non-hydrogen) atoms. The quantitative estimate of drug-likeness (QED) is 0.886. The average molecular weight is 329 g/mol. The third kappa shape index (κ3) is 4.38. The van der Waals surface area contributed by atoms with E-state index in [1.54, 1.807) is 6.92 Å². The van der Waals surface area contributed by atoms with E-state index < -0.39 is 18.1 Å². The predicted octanol–water partition coefficient (Wildman–Crippen LogP) is 4.09. The zero-order chi connectivity index (χ0) is 17.0. The number of alkyl halides is 3. The molecule has 2 rings (SSSR count). The molecule has 9 heteroatoms. The van der Waals surface area contributed by atoms with Gasteiger partial charge in [-0.3, -0.25) is 0 Å². The number of para-hydroxylation sites is 2. The lowest BCUT2D eigenvalue weighted by molar-refractivity contribution is -0.274. The number of aromatic nitrogens is 1. The minimum Gasteiger partial charge on any atom is -0.404 e. The molecule has 0 fully saturated rings. The van der Waals surface area contributed by atoms with Crippen LogP contribution in [0.15, 0.2) is 28.8 Å². The second-order valence-corrected chi connectivity index (χ2v) is 4.54. The van der Waals surface area contributed by atoms with Crippen molar-refractivity contribution < 1.29 is 27.2 Å². The standard InChI is InChI=1S/C14H14F3N3O3/c1-3-10-12(8(2)20-23-10)19-13(21)18-9-6-4-5-7-11(9)22-14(15,16)17/h4-7H,3H2,1-2H3,(H2,18,19,21). The molecule has 2 aromatic rings. The van der Waals surface area contributed by atoms with Gasteiger partial charge in [0.1, 0.15) is 11.4 Å². The number of ether oxygens (including phenoxy) is 1. The number of benzene rings is 1. The summed E-state index contributed by atoms with van der Waals surface area (Å²) in [5.74, 6) is -0.0367. The van der Waals surface area contributed by atoms with Crippen molar-refractivity contribution in [2.75, 3.05) is 10.6 Å². The molecule has 0 aliphatic rings.